The fourth-order valence-corrected chi connectivity index (χ4v) is 2.93. The van der Waals surface area contributed by atoms with Crippen molar-refractivity contribution in [2.24, 2.45) is 5.92 Å². The number of carboxylic acid groups (broad SMARTS) is 1. The Labute approximate surface area is 123 Å². The summed E-state index contributed by atoms with van der Waals surface area (Å²) in [7, 11) is 0. The molecule has 1 saturated heterocycles. The largest absolute Gasteiger partial charge is 0.481 e. The van der Waals surface area contributed by atoms with Gasteiger partial charge in [-0.3, -0.25) is 9.59 Å². The number of hydrogen-bond acceptors (Lipinski definition) is 2. The lowest BCUT2D eigenvalue weighted by Crippen LogP contribution is -2.40. The van der Waals surface area contributed by atoms with Gasteiger partial charge < -0.3 is 10.0 Å². The summed E-state index contributed by atoms with van der Waals surface area (Å²) in [4.78, 5) is 25.0. The summed E-state index contributed by atoms with van der Waals surface area (Å²) in [6.45, 7) is 3.07. The smallest absolute Gasteiger partial charge is 0.303 e. The number of amides is 1. The zero-order valence-electron chi connectivity index (χ0n) is 11.4. The van der Waals surface area contributed by atoms with Crippen molar-refractivity contribution >= 4 is 23.5 Å². The molecule has 0 radical (unpaired) electrons. The first-order valence-electron chi connectivity index (χ1n) is 6.74. The van der Waals surface area contributed by atoms with Crippen LogP contribution in [-0.4, -0.2) is 35.0 Å². The van der Waals surface area contributed by atoms with Crippen LogP contribution in [0.4, 0.5) is 0 Å². The summed E-state index contributed by atoms with van der Waals surface area (Å²) in [6, 6.07) is 5.22. The summed E-state index contributed by atoms with van der Waals surface area (Å²) >= 11 is 5.90. The minimum Gasteiger partial charge on any atom is -0.481 e. The third kappa shape index (κ3) is 3.51. The van der Waals surface area contributed by atoms with E-state index in [0.717, 1.165) is 18.4 Å². The van der Waals surface area contributed by atoms with Crippen LogP contribution in [0, 0.1) is 12.8 Å². The van der Waals surface area contributed by atoms with Crippen LogP contribution in [0.1, 0.15) is 35.2 Å². The van der Waals surface area contributed by atoms with E-state index in [1.165, 1.54) is 0 Å². The first kappa shape index (κ1) is 14.9. The van der Waals surface area contributed by atoms with E-state index in [1.54, 1.807) is 23.1 Å². The van der Waals surface area contributed by atoms with Crippen LogP contribution >= 0.6 is 11.6 Å². The number of aryl methyl sites for hydroxylation is 1. The van der Waals surface area contributed by atoms with E-state index < -0.39 is 5.97 Å². The standard InChI is InChI=1S/C15H18ClNO3/c1-10-7-12(16)4-5-13(10)15(20)17-6-2-3-11(9-17)8-14(18)19/h4-5,7,11H,2-3,6,8-9H2,1H3,(H,18,19). The predicted octanol–water partition coefficient (Wildman–Crippen LogP) is 2.98. The third-order valence-corrected chi connectivity index (χ3v) is 3.92. The van der Waals surface area contributed by atoms with Gasteiger partial charge in [0.15, 0.2) is 0 Å². The van der Waals surface area contributed by atoms with Gasteiger partial charge in [0, 0.05) is 30.1 Å². The summed E-state index contributed by atoms with van der Waals surface area (Å²) in [5, 5.41) is 9.48. The highest BCUT2D eigenvalue weighted by atomic mass is 35.5. The van der Waals surface area contributed by atoms with E-state index in [0.29, 0.717) is 23.7 Å². The summed E-state index contributed by atoms with van der Waals surface area (Å²) in [6.07, 6.45) is 1.86. The summed E-state index contributed by atoms with van der Waals surface area (Å²) < 4.78 is 0. The molecule has 1 aliphatic heterocycles. The van der Waals surface area contributed by atoms with E-state index in [2.05, 4.69) is 0 Å². The molecule has 0 aliphatic carbocycles. The average Bonchev–Trinajstić information content (AvgIpc) is 2.37. The fraction of sp³-hybridized carbons (Fsp3) is 0.467. The predicted molar refractivity (Wildman–Crippen MR) is 77.1 cm³/mol. The normalized spacial score (nSPS) is 18.9. The van der Waals surface area contributed by atoms with Gasteiger partial charge in [0.25, 0.3) is 5.91 Å². The first-order valence-corrected chi connectivity index (χ1v) is 7.12. The van der Waals surface area contributed by atoms with Gasteiger partial charge in [0.1, 0.15) is 0 Å². The topological polar surface area (TPSA) is 57.6 Å². The van der Waals surface area contributed by atoms with Gasteiger partial charge in [-0.1, -0.05) is 11.6 Å². The molecule has 1 aromatic carbocycles. The van der Waals surface area contributed by atoms with Gasteiger partial charge >= 0.3 is 5.97 Å². The highest BCUT2D eigenvalue weighted by Gasteiger charge is 2.26. The maximum atomic E-state index is 12.5. The van der Waals surface area contributed by atoms with Crippen molar-refractivity contribution in [3.8, 4) is 0 Å². The third-order valence-electron chi connectivity index (χ3n) is 3.69. The molecule has 1 amide bonds. The van der Waals surface area contributed by atoms with E-state index >= 15 is 0 Å². The number of halogens is 1. The molecule has 1 aliphatic rings. The number of rotatable bonds is 3. The molecular weight excluding hydrogens is 278 g/mol. The van der Waals surface area contributed by atoms with Gasteiger partial charge in [-0.25, -0.2) is 0 Å². The first-order chi connectivity index (χ1) is 9.47. The molecule has 20 heavy (non-hydrogen) atoms. The van der Waals surface area contributed by atoms with Gasteiger partial charge in [-0.15, -0.1) is 0 Å². The second kappa shape index (κ2) is 6.27. The Morgan fingerprint density at radius 1 is 1.45 bits per heavy atom. The Morgan fingerprint density at radius 2 is 2.20 bits per heavy atom. The van der Waals surface area contributed by atoms with Gasteiger partial charge in [-0.2, -0.15) is 0 Å². The highest BCUT2D eigenvalue weighted by Crippen LogP contribution is 2.23. The summed E-state index contributed by atoms with van der Waals surface area (Å²) in [5.41, 5.74) is 1.49. The number of carboxylic acids is 1. The van der Waals surface area contributed by atoms with Crippen LogP contribution in [0.3, 0.4) is 0 Å². The van der Waals surface area contributed by atoms with Crippen LogP contribution in [0.5, 0.6) is 0 Å². The van der Waals surface area contributed by atoms with E-state index in [-0.39, 0.29) is 18.2 Å². The molecule has 5 heteroatoms. The maximum Gasteiger partial charge on any atom is 0.303 e. The number of carbonyl (C=O) groups excluding carboxylic acids is 1. The molecule has 1 fully saturated rings. The van der Waals surface area contributed by atoms with Crippen molar-refractivity contribution in [3.63, 3.8) is 0 Å². The number of aliphatic carboxylic acids is 1. The molecule has 1 heterocycles. The van der Waals surface area contributed by atoms with Crippen molar-refractivity contribution in [1.29, 1.82) is 0 Å². The van der Waals surface area contributed by atoms with Crippen LogP contribution < -0.4 is 0 Å². The lowest BCUT2D eigenvalue weighted by molar-refractivity contribution is -0.138. The van der Waals surface area contributed by atoms with Crippen molar-refractivity contribution in [2.45, 2.75) is 26.2 Å². The van der Waals surface area contributed by atoms with Crippen LogP contribution in [0.2, 0.25) is 5.02 Å². The number of benzene rings is 1. The number of hydrogen-bond donors (Lipinski definition) is 1. The Kier molecular flexibility index (Phi) is 4.65. The Morgan fingerprint density at radius 3 is 2.85 bits per heavy atom. The molecule has 4 nitrogen and oxygen atoms in total. The van der Waals surface area contributed by atoms with Crippen LogP contribution in [0.25, 0.3) is 0 Å². The monoisotopic (exact) mass is 295 g/mol. The highest BCUT2D eigenvalue weighted by molar-refractivity contribution is 6.30. The minimum atomic E-state index is -0.799. The lowest BCUT2D eigenvalue weighted by Gasteiger charge is -2.32. The molecule has 2 rings (SSSR count). The Bertz CT molecular complexity index is 530. The average molecular weight is 296 g/mol. The zero-order chi connectivity index (χ0) is 14.7. The lowest BCUT2D eigenvalue weighted by atomic mass is 9.94. The van der Waals surface area contributed by atoms with Gasteiger partial charge in [0.2, 0.25) is 0 Å². The minimum absolute atomic E-state index is 0.0331. The molecule has 0 saturated carbocycles. The van der Waals surface area contributed by atoms with Gasteiger partial charge in [0.05, 0.1) is 0 Å². The molecular formula is C15H18ClNO3. The van der Waals surface area contributed by atoms with E-state index in [9.17, 15) is 9.59 Å². The summed E-state index contributed by atoms with van der Waals surface area (Å²) in [5.74, 6) is -0.779. The van der Waals surface area contributed by atoms with E-state index in [1.807, 2.05) is 6.92 Å². The SMILES string of the molecule is Cc1cc(Cl)ccc1C(=O)N1CCCC(CC(=O)O)C1. The zero-order valence-corrected chi connectivity index (χ0v) is 12.2. The van der Waals surface area contributed by atoms with Crippen molar-refractivity contribution in [3.05, 3.63) is 34.3 Å². The quantitative estimate of drug-likeness (QED) is 0.932. The maximum absolute atomic E-state index is 12.5. The van der Waals surface area contributed by atoms with E-state index in [4.69, 9.17) is 16.7 Å². The van der Waals surface area contributed by atoms with Gasteiger partial charge in [-0.05, 0) is 49.4 Å². The van der Waals surface area contributed by atoms with Crippen molar-refractivity contribution in [2.75, 3.05) is 13.1 Å². The number of piperidine rings is 1. The fourth-order valence-electron chi connectivity index (χ4n) is 2.70. The molecule has 1 aromatic rings. The molecule has 0 bridgehead atoms. The van der Waals surface area contributed by atoms with Crippen molar-refractivity contribution in [1.82, 2.24) is 4.90 Å². The number of carbonyl (C=O) groups is 2. The molecule has 1 N–H and O–H groups in total. The number of likely N-dealkylation sites (tertiary alicyclic amines) is 1. The molecule has 0 spiro atoms. The molecule has 1 atom stereocenters. The van der Waals surface area contributed by atoms with Crippen molar-refractivity contribution < 1.29 is 14.7 Å². The number of nitrogens with zero attached hydrogens (tertiary/aromatic N) is 1. The Hall–Kier alpha value is -1.55. The Balaban J connectivity index is 2.10. The van der Waals surface area contributed by atoms with Crippen LogP contribution in [-0.2, 0) is 4.79 Å². The van der Waals surface area contributed by atoms with Crippen LogP contribution in [0.15, 0.2) is 18.2 Å². The molecule has 0 aromatic heterocycles. The molecule has 108 valence electrons. The second-order valence-corrected chi connectivity index (χ2v) is 5.75. The molecule has 1 unspecified atom stereocenters. The second-order valence-electron chi connectivity index (χ2n) is 5.32.